The topological polar surface area (TPSA) is 74.7 Å². The quantitative estimate of drug-likeness (QED) is 0.212. The number of hydrogen-bond donors (Lipinski definition) is 0. The summed E-state index contributed by atoms with van der Waals surface area (Å²) in [5.74, 6) is 0.132. The molecule has 0 atom stereocenters. The van der Waals surface area contributed by atoms with E-state index in [2.05, 4.69) is 4.98 Å². The molecule has 7 heteroatoms. The molecule has 0 aliphatic heterocycles. The second kappa shape index (κ2) is 11.5. The Balaban J connectivity index is 2.19. The van der Waals surface area contributed by atoms with Gasteiger partial charge in [0.05, 0.1) is 26.4 Å². The Morgan fingerprint density at radius 3 is 2.47 bits per heavy atom. The van der Waals surface area contributed by atoms with Crippen molar-refractivity contribution in [2.75, 3.05) is 20.8 Å². The Bertz CT molecular complexity index is 1240. The first-order valence-corrected chi connectivity index (χ1v) is 11.2. The zero-order valence-electron chi connectivity index (χ0n) is 19.6. The van der Waals surface area contributed by atoms with Crippen LogP contribution in [0.4, 0.5) is 0 Å². The second-order valence-corrected chi connectivity index (χ2v) is 7.70. The number of ether oxygens (including phenoxy) is 3. The number of pyridine rings is 1. The van der Waals surface area contributed by atoms with Gasteiger partial charge in [-0.15, -0.1) is 0 Å². The van der Waals surface area contributed by atoms with Crippen molar-refractivity contribution in [2.45, 2.75) is 20.3 Å². The highest BCUT2D eigenvalue weighted by molar-refractivity contribution is 6.31. The number of rotatable bonds is 9. The van der Waals surface area contributed by atoms with Gasteiger partial charge in [-0.2, -0.15) is 0 Å². The molecule has 0 radical (unpaired) electrons. The number of ketones is 1. The summed E-state index contributed by atoms with van der Waals surface area (Å²) in [6, 6.07) is 12.1. The minimum atomic E-state index is -0.381. The van der Waals surface area contributed by atoms with Crippen molar-refractivity contribution in [1.82, 2.24) is 4.98 Å². The lowest BCUT2D eigenvalue weighted by atomic mass is 9.91. The van der Waals surface area contributed by atoms with Gasteiger partial charge in [0.25, 0.3) is 0 Å². The fourth-order valence-corrected chi connectivity index (χ4v) is 3.81. The molecule has 34 heavy (non-hydrogen) atoms. The monoisotopic (exact) mass is 479 g/mol. The van der Waals surface area contributed by atoms with Crippen LogP contribution in [-0.4, -0.2) is 37.6 Å². The molecule has 1 aromatic heterocycles. The van der Waals surface area contributed by atoms with Crippen LogP contribution < -0.4 is 9.47 Å². The summed E-state index contributed by atoms with van der Waals surface area (Å²) in [6.45, 7) is 3.93. The molecule has 1 heterocycles. The molecule has 0 spiro atoms. The van der Waals surface area contributed by atoms with E-state index in [1.54, 1.807) is 67.9 Å². The summed E-state index contributed by atoms with van der Waals surface area (Å²) in [5, 5.41) is 0.417. The van der Waals surface area contributed by atoms with E-state index in [4.69, 9.17) is 25.8 Å². The first kappa shape index (κ1) is 25.0. The summed E-state index contributed by atoms with van der Waals surface area (Å²) < 4.78 is 16.0. The second-order valence-electron chi connectivity index (χ2n) is 7.27. The molecule has 3 aromatic rings. The highest BCUT2D eigenvalue weighted by Crippen LogP contribution is 2.36. The van der Waals surface area contributed by atoms with Crippen LogP contribution in [0.3, 0.4) is 0 Å². The minimum Gasteiger partial charge on any atom is -0.493 e. The van der Waals surface area contributed by atoms with Gasteiger partial charge in [-0.1, -0.05) is 30.7 Å². The van der Waals surface area contributed by atoms with Gasteiger partial charge in [0.2, 0.25) is 0 Å². The summed E-state index contributed by atoms with van der Waals surface area (Å²) in [6.07, 6.45) is 5.52. The van der Waals surface area contributed by atoms with Crippen LogP contribution in [0.5, 0.6) is 11.5 Å². The van der Waals surface area contributed by atoms with Crippen LogP contribution in [0, 0.1) is 0 Å². The van der Waals surface area contributed by atoms with E-state index in [0.29, 0.717) is 50.8 Å². The molecule has 0 N–H and O–H groups in total. The molecule has 3 rings (SSSR count). The molecule has 0 amide bonds. The molecule has 0 saturated heterocycles. The van der Waals surface area contributed by atoms with Crippen LogP contribution >= 0.6 is 11.6 Å². The van der Waals surface area contributed by atoms with Crippen LogP contribution in [0.1, 0.15) is 41.8 Å². The fraction of sp³-hybridized carbons (Fsp3) is 0.222. The maximum atomic E-state index is 13.7. The number of para-hydroxylation sites is 1. The van der Waals surface area contributed by atoms with Gasteiger partial charge < -0.3 is 14.2 Å². The van der Waals surface area contributed by atoms with Crippen molar-refractivity contribution >= 4 is 29.4 Å². The molecule has 0 bridgehead atoms. The number of carbonyl (C=O) groups is 2. The van der Waals surface area contributed by atoms with Crippen molar-refractivity contribution in [3.63, 3.8) is 0 Å². The molecular weight excluding hydrogens is 454 g/mol. The zero-order chi connectivity index (χ0) is 24.7. The minimum absolute atomic E-state index is 0.277. The fourth-order valence-electron chi connectivity index (χ4n) is 3.63. The molecule has 0 unspecified atom stereocenters. The average Bonchev–Trinajstić information content (AvgIpc) is 2.86. The van der Waals surface area contributed by atoms with Crippen LogP contribution in [0.25, 0.3) is 17.2 Å². The van der Waals surface area contributed by atoms with E-state index in [1.807, 2.05) is 6.92 Å². The highest BCUT2D eigenvalue weighted by Gasteiger charge is 2.22. The first-order chi connectivity index (χ1) is 16.4. The van der Waals surface area contributed by atoms with Crippen LogP contribution in [0.15, 0.2) is 60.4 Å². The van der Waals surface area contributed by atoms with E-state index in [1.165, 1.54) is 14.2 Å². The predicted octanol–water partition coefficient (Wildman–Crippen LogP) is 6.01. The van der Waals surface area contributed by atoms with Crippen molar-refractivity contribution in [3.05, 3.63) is 82.1 Å². The first-order valence-electron chi connectivity index (χ1n) is 10.8. The number of esters is 1. The SMILES string of the molecule is CCOC(=O)/C(=C/c1cnccc1-c1ccc(Cl)cc1C(=O)c1cccc(OC)c1OC)CC. The third-order valence-electron chi connectivity index (χ3n) is 5.26. The average molecular weight is 480 g/mol. The van der Waals surface area contributed by atoms with Crippen molar-refractivity contribution in [3.8, 4) is 22.6 Å². The van der Waals surface area contributed by atoms with Gasteiger partial charge in [-0.25, -0.2) is 4.79 Å². The lowest BCUT2D eigenvalue weighted by molar-refractivity contribution is -0.138. The summed E-state index contributed by atoms with van der Waals surface area (Å²) in [7, 11) is 3.00. The lowest BCUT2D eigenvalue weighted by Gasteiger charge is -2.15. The van der Waals surface area contributed by atoms with Gasteiger partial charge in [0.1, 0.15) is 0 Å². The highest BCUT2D eigenvalue weighted by atomic mass is 35.5. The van der Waals surface area contributed by atoms with E-state index < -0.39 is 0 Å². The van der Waals surface area contributed by atoms with Crippen molar-refractivity contribution in [2.24, 2.45) is 0 Å². The van der Waals surface area contributed by atoms with Crippen molar-refractivity contribution in [1.29, 1.82) is 0 Å². The standard InChI is InChI=1S/C27H26ClNO5/c1-5-17(27(31)34-6-2)14-18-16-29-13-12-20(18)21-11-10-19(28)15-23(21)25(30)22-8-7-9-24(32-3)26(22)33-4/h7-16H,5-6H2,1-4H3/b17-14+. The summed E-state index contributed by atoms with van der Waals surface area (Å²) in [4.78, 5) is 30.3. The maximum Gasteiger partial charge on any atom is 0.333 e. The maximum absolute atomic E-state index is 13.7. The van der Waals surface area contributed by atoms with Crippen LogP contribution in [-0.2, 0) is 9.53 Å². The summed E-state index contributed by atoms with van der Waals surface area (Å²) >= 11 is 6.30. The zero-order valence-corrected chi connectivity index (χ0v) is 20.3. The lowest BCUT2D eigenvalue weighted by Crippen LogP contribution is -2.08. The smallest absolute Gasteiger partial charge is 0.333 e. The Kier molecular flexibility index (Phi) is 8.44. The van der Waals surface area contributed by atoms with Gasteiger partial charge in [0, 0.05) is 34.1 Å². The molecule has 0 saturated carbocycles. The number of hydrogen-bond acceptors (Lipinski definition) is 6. The Morgan fingerprint density at radius 2 is 1.79 bits per heavy atom. The van der Waals surface area contributed by atoms with Crippen molar-refractivity contribution < 1.29 is 23.8 Å². The third kappa shape index (κ3) is 5.29. The van der Waals surface area contributed by atoms with Gasteiger partial charge in [-0.3, -0.25) is 9.78 Å². The molecule has 0 fully saturated rings. The number of methoxy groups -OCH3 is 2. The Labute approximate surface area is 204 Å². The van der Waals surface area contributed by atoms with E-state index in [-0.39, 0.29) is 18.4 Å². The van der Waals surface area contributed by atoms with Gasteiger partial charge in [0.15, 0.2) is 17.3 Å². The molecule has 0 aliphatic rings. The number of benzene rings is 2. The third-order valence-corrected chi connectivity index (χ3v) is 5.50. The molecule has 176 valence electrons. The summed E-state index contributed by atoms with van der Waals surface area (Å²) in [5.41, 5.74) is 3.29. The molecule has 6 nitrogen and oxygen atoms in total. The molecule has 2 aromatic carbocycles. The predicted molar refractivity (Wildman–Crippen MR) is 133 cm³/mol. The number of nitrogens with zero attached hydrogens (tertiary/aromatic N) is 1. The van der Waals surface area contributed by atoms with E-state index in [9.17, 15) is 9.59 Å². The Hall–Kier alpha value is -3.64. The number of aromatic nitrogens is 1. The number of halogens is 1. The van der Waals surface area contributed by atoms with Crippen LogP contribution in [0.2, 0.25) is 5.02 Å². The number of carbonyl (C=O) groups excluding carboxylic acids is 2. The normalized spacial score (nSPS) is 11.1. The van der Waals surface area contributed by atoms with Gasteiger partial charge >= 0.3 is 5.97 Å². The largest absolute Gasteiger partial charge is 0.493 e. The Morgan fingerprint density at radius 1 is 1.00 bits per heavy atom. The molecule has 0 aliphatic carbocycles. The van der Waals surface area contributed by atoms with Gasteiger partial charge in [-0.05, 0) is 60.9 Å². The molecular formula is C27H26ClNO5. The van der Waals surface area contributed by atoms with E-state index in [0.717, 1.165) is 5.56 Å². The van der Waals surface area contributed by atoms with E-state index >= 15 is 0 Å².